The van der Waals surface area contributed by atoms with Gasteiger partial charge in [-0.1, -0.05) is 5.16 Å². The van der Waals surface area contributed by atoms with Crippen LogP contribution >= 0.6 is 11.3 Å². The number of nitrogens with one attached hydrogen (secondary N) is 2. The Morgan fingerprint density at radius 3 is 2.96 bits per heavy atom. The molecule has 1 amide bonds. The number of aromatic amines is 1. The minimum absolute atomic E-state index is 0.0194. The largest absolute Gasteiger partial charge is 0.361 e. The third kappa shape index (κ3) is 3.54. The number of hydrogen-bond donors (Lipinski definition) is 2. The molecular formula is C19H23N5O2S. The van der Waals surface area contributed by atoms with E-state index in [1.54, 1.807) is 17.7 Å². The number of carbonyl (C=O) groups is 1. The van der Waals surface area contributed by atoms with Crippen molar-refractivity contribution in [3.63, 3.8) is 0 Å². The SMILES string of the molecule is Cc1noc(C)c1CN1CCc2c(C(=O)NCc3nc[nH]c3C)csc2C1. The van der Waals surface area contributed by atoms with Crippen molar-refractivity contribution in [2.75, 3.05) is 6.54 Å². The van der Waals surface area contributed by atoms with E-state index in [0.717, 1.165) is 54.5 Å². The molecule has 3 aromatic rings. The van der Waals surface area contributed by atoms with Crippen LogP contribution in [0.1, 0.15) is 49.2 Å². The molecule has 0 aromatic carbocycles. The summed E-state index contributed by atoms with van der Waals surface area (Å²) in [5, 5.41) is 9.02. The van der Waals surface area contributed by atoms with Gasteiger partial charge in [0.05, 0.1) is 29.8 Å². The lowest BCUT2D eigenvalue weighted by Crippen LogP contribution is -2.31. The number of aryl methyl sites for hydroxylation is 3. The van der Waals surface area contributed by atoms with Crippen molar-refractivity contribution < 1.29 is 9.32 Å². The standard InChI is InChI=1S/C19H23N5O2S/c1-11-15(13(3)26-23-11)7-24-5-4-14-16(9-27-18(14)8-24)19(25)20-6-17-12(2)21-10-22-17/h9-10H,4-8H2,1-3H3,(H,20,25)(H,21,22). The molecule has 0 bridgehead atoms. The van der Waals surface area contributed by atoms with Gasteiger partial charge in [-0.25, -0.2) is 4.98 Å². The Balaban J connectivity index is 1.42. The fraction of sp³-hybridized carbons (Fsp3) is 0.421. The number of fused-ring (bicyclic) bond motifs is 1. The summed E-state index contributed by atoms with van der Waals surface area (Å²) in [5.41, 5.74) is 5.97. The predicted molar refractivity (Wildman–Crippen MR) is 103 cm³/mol. The summed E-state index contributed by atoms with van der Waals surface area (Å²) in [6.45, 7) is 8.95. The monoisotopic (exact) mass is 385 g/mol. The lowest BCUT2D eigenvalue weighted by atomic mass is 10.0. The molecule has 0 saturated heterocycles. The van der Waals surface area contributed by atoms with Gasteiger partial charge < -0.3 is 14.8 Å². The number of aromatic nitrogens is 3. The van der Waals surface area contributed by atoms with E-state index in [4.69, 9.17) is 4.52 Å². The number of hydrogen-bond acceptors (Lipinski definition) is 6. The Bertz CT molecular complexity index is 951. The van der Waals surface area contributed by atoms with E-state index in [9.17, 15) is 4.79 Å². The highest BCUT2D eigenvalue weighted by molar-refractivity contribution is 7.10. The predicted octanol–water partition coefficient (Wildman–Crippen LogP) is 2.87. The number of carbonyl (C=O) groups excluding carboxylic acids is 1. The van der Waals surface area contributed by atoms with Crippen LogP contribution in [0.3, 0.4) is 0 Å². The van der Waals surface area contributed by atoms with Gasteiger partial charge in [-0.05, 0) is 32.8 Å². The summed E-state index contributed by atoms with van der Waals surface area (Å²) in [5.74, 6) is 0.868. The van der Waals surface area contributed by atoms with Crippen LogP contribution in [0, 0.1) is 20.8 Å². The fourth-order valence-electron chi connectivity index (χ4n) is 3.48. The molecule has 1 aliphatic rings. The molecule has 0 aliphatic carbocycles. The van der Waals surface area contributed by atoms with Gasteiger partial charge in [0.1, 0.15) is 5.76 Å². The van der Waals surface area contributed by atoms with Crippen LogP contribution < -0.4 is 5.32 Å². The third-order valence-corrected chi connectivity index (χ3v) is 6.20. The van der Waals surface area contributed by atoms with Crippen molar-refractivity contribution >= 4 is 17.2 Å². The summed E-state index contributed by atoms with van der Waals surface area (Å²) in [7, 11) is 0. The second-order valence-corrected chi connectivity index (χ2v) is 7.94. The maximum atomic E-state index is 12.6. The zero-order valence-electron chi connectivity index (χ0n) is 15.8. The van der Waals surface area contributed by atoms with E-state index in [1.807, 2.05) is 26.2 Å². The van der Waals surface area contributed by atoms with E-state index in [0.29, 0.717) is 6.54 Å². The minimum atomic E-state index is -0.0194. The molecule has 142 valence electrons. The number of thiophene rings is 1. The first-order valence-corrected chi connectivity index (χ1v) is 9.91. The van der Waals surface area contributed by atoms with E-state index in [2.05, 4.69) is 25.3 Å². The summed E-state index contributed by atoms with van der Waals surface area (Å²) < 4.78 is 5.27. The Labute approximate surface area is 161 Å². The number of imidazole rings is 1. The molecule has 0 atom stereocenters. The van der Waals surface area contributed by atoms with Gasteiger partial charge in [0, 0.05) is 41.1 Å². The highest BCUT2D eigenvalue weighted by atomic mass is 32.1. The summed E-state index contributed by atoms with van der Waals surface area (Å²) in [4.78, 5) is 23.6. The van der Waals surface area contributed by atoms with Crippen LogP contribution in [0.2, 0.25) is 0 Å². The lowest BCUT2D eigenvalue weighted by Gasteiger charge is -2.27. The average molecular weight is 385 g/mol. The van der Waals surface area contributed by atoms with E-state index in [1.165, 1.54) is 16.0 Å². The van der Waals surface area contributed by atoms with Crippen molar-refractivity contribution in [3.05, 3.63) is 56.1 Å². The molecule has 8 heteroatoms. The van der Waals surface area contributed by atoms with Crippen LogP contribution in [0.5, 0.6) is 0 Å². The summed E-state index contributed by atoms with van der Waals surface area (Å²) in [6.07, 6.45) is 2.53. The van der Waals surface area contributed by atoms with Gasteiger partial charge in [0.15, 0.2) is 0 Å². The number of amides is 1. The molecule has 3 aromatic heterocycles. The second-order valence-electron chi connectivity index (χ2n) is 6.97. The zero-order chi connectivity index (χ0) is 19.0. The van der Waals surface area contributed by atoms with Crippen molar-refractivity contribution in [2.45, 2.75) is 46.8 Å². The highest BCUT2D eigenvalue weighted by Crippen LogP contribution is 2.30. The minimum Gasteiger partial charge on any atom is -0.361 e. The molecule has 0 fully saturated rings. The molecule has 4 rings (SSSR count). The quantitative estimate of drug-likeness (QED) is 0.705. The second kappa shape index (κ2) is 7.28. The van der Waals surface area contributed by atoms with E-state index >= 15 is 0 Å². The first kappa shape index (κ1) is 17.9. The average Bonchev–Trinajstić information content (AvgIpc) is 3.34. The Hall–Kier alpha value is -2.45. The molecule has 4 heterocycles. The van der Waals surface area contributed by atoms with E-state index < -0.39 is 0 Å². The highest BCUT2D eigenvalue weighted by Gasteiger charge is 2.25. The van der Waals surface area contributed by atoms with Gasteiger partial charge in [-0.3, -0.25) is 9.69 Å². The first-order valence-electron chi connectivity index (χ1n) is 9.03. The van der Waals surface area contributed by atoms with Gasteiger partial charge in [0.25, 0.3) is 5.91 Å². The van der Waals surface area contributed by atoms with Crippen LogP contribution in [0.15, 0.2) is 16.2 Å². The van der Waals surface area contributed by atoms with Crippen molar-refractivity contribution in [3.8, 4) is 0 Å². The van der Waals surface area contributed by atoms with Crippen LogP contribution in [0.25, 0.3) is 0 Å². The molecule has 0 unspecified atom stereocenters. The smallest absolute Gasteiger partial charge is 0.252 e. The normalized spacial score (nSPS) is 14.3. The molecule has 0 spiro atoms. The molecule has 0 radical (unpaired) electrons. The molecular weight excluding hydrogens is 362 g/mol. The van der Waals surface area contributed by atoms with Gasteiger partial charge >= 0.3 is 0 Å². The number of nitrogens with zero attached hydrogens (tertiary/aromatic N) is 3. The van der Waals surface area contributed by atoms with Crippen molar-refractivity contribution in [1.29, 1.82) is 0 Å². The van der Waals surface area contributed by atoms with Crippen LogP contribution in [-0.4, -0.2) is 32.5 Å². The van der Waals surface area contributed by atoms with Gasteiger partial charge in [0.2, 0.25) is 0 Å². The van der Waals surface area contributed by atoms with Gasteiger partial charge in [-0.2, -0.15) is 0 Å². The molecule has 7 nitrogen and oxygen atoms in total. The lowest BCUT2D eigenvalue weighted by molar-refractivity contribution is 0.0949. The Morgan fingerprint density at radius 1 is 1.41 bits per heavy atom. The number of rotatable bonds is 5. The maximum absolute atomic E-state index is 12.6. The molecule has 1 aliphatic heterocycles. The van der Waals surface area contributed by atoms with Crippen molar-refractivity contribution in [1.82, 2.24) is 25.3 Å². The van der Waals surface area contributed by atoms with Gasteiger partial charge in [-0.15, -0.1) is 11.3 Å². The molecule has 27 heavy (non-hydrogen) atoms. The third-order valence-electron chi connectivity index (χ3n) is 5.18. The zero-order valence-corrected chi connectivity index (χ0v) is 16.6. The van der Waals surface area contributed by atoms with E-state index in [-0.39, 0.29) is 5.91 Å². The molecule has 0 saturated carbocycles. The van der Waals surface area contributed by atoms with Crippen LogP contribution in [0.4, 0.5) is 0 Å². The number of H-pyrrole nitrogens is 1. The maximum Gasteiger partial charge on any atom is 0.252 e. The van der Waals surface area contributed by atoms with Crippen molar-refractivity contribution in [2.24, 2.45) is 0 Å². The fourth-order valence-corrected chi connectivity index (χ4v) is 4.60. The topological polar surface area (TPSA) is 87.1 Å². The van der Waals surface area contributed by atoms with Crippen LogP contribution in [-0.2, 0) is 26.1 Å². The Kier molecular flexibility index (Phi) is 4.84. The first-order chi connectivity index (χ1) is 13.0. The molecule has 2 N–H and O–H groups in total. The summed E-state index contributed by atoms with van der Waals surface area (Å²) in [6, 6.07) is 0. The Morgan fingerprint density at radius 2 is 2.26 bits per heavy atom. The summed E-state index contributed by atoms with van der Waals surface area (Å²) >= 11 is 1.67.